The number of ether oxygens (including phenoxy) is 2. The molecule has 5 N–H and O–H groups in total. The van der Waals surface area contributed by atoms with Crippen LogP contribution in [0, 0.1) is 0 Å². The first kappa shape index (κ1) is 26.0. The van der Waals surface area contributed by atoms with E-state index in [1.165, 1.54) is 33.3 Å². The van der Waals surface area contributed by atoms with E-state index in [4.69, 9.17) is 9.47 Å². The lowest BCUT2D eigenvalue weighted by Crippen LogP contribution is -2.52. The highest BCUT2D eigenvalue weighted by molar-refractivity contribution is 5.98. The van der Waals surface area contributed by atoms with Crippen LogP contribution in [0.25, 0.3) is 0 Å². The Bertz CT molecular complexity index is 1020. The summed E-state index contributed by atoms with van der Waals surface area (Å²) < 4.78 is 9.99. The van der Waals surface area contributed by atoms with E-state index in [0.717, 1.165) is 5.56 Å². The molecule has 2 atom stereocenters. The summed E-state index contributed by atoms with van der Waals surface area (Å²) in [4.78, 5) is 48.5. The van der Waals surface area contributed by atoms with E-state index < -0.39 is 42.3 Å². The number of carbonyl (C=O) groups excluding carboxylic acids is 3. The Hall–Kier alpha value is -4.28. The number of carboxylic acids is 1. The molecular weight excluding hydrogens is 446 g/mol. The van der Waals surface area contributed by atoms with Gasteiger partial charge in [0, 0.05) is 12.0 Å². The van der Waals surface area contributed by atoms with E-state index in [1.54, 1.807) is 30.3 Å². The molecule has 0 saturated heterocycles. The zero-order chi connectivity index (χ0) is 25.3. The third-order valence-electron chi connectivity index (χ3n) is 4.82. The van der Waals surface area contributed by atoms with Crippen molar-refractivity contribution in [3.05, 3.63) is 53.6 Å². The van der Waals surface area contributed by atoms with Gasteiger partial charge in [0.1, 0.15) is 12.1 Å². The van der Waals surface area contributed by atoms with Crippen molar-refractivity contribution in [2.45, 2.75) is 25.4 Å². The van der Waals surface area contributed by atoms with Crippen LogP contribution in [0.3, 0.4) is 0 Å². The molecule has 0 radical (unpaired) electrons. The summed E-state index contributed by atoms with van der Waals surface area (Å²) in [5.41, 5.74) is 0.812. The molecule has 11 nitrogen and oxygen atoms in total. The van der Waals surface area contributed by atoms with E-state index in [2.05, 4.69) is 16.0 Å². The van der Waals surface area contributed by atoms with Crippen LogP contribution in [0.2, 0.25) is 0 Å². The first-order valence-corrected chi connectivity index (χ1v) is 10.3. The summed E-state index contributed by atoms with van der Waals surface area (Å²) in [6, 6.07) is 9.15. The van der Waals surface area contributed by atoms with Crippen molar-refractivity contribution in [3.8, 4) is 17.2 Å². The zero-order valence-electron chi connectivity index (χ0n) is 19.0. The smallest absolute Gasteiger partial charge is 0.326 e. The van der Waals surface area contributed by atoms with Gasteiger partial charge in [0.2, 0.25) is 17.6 Å². The van der Waals surface area contributed by atoms with Crippen molar-refractivity contribution in [1.82, 2.24) is 16.0 Å². The monoisotopic (exact) mass is 473 g/mol. The second-order valence-electron chi connectivity index (χ2n) is 7.29. The van der Waals surface area contributed by atoms with Crippen LogP contribution >= 0.6 is 0 Å². The summed E-state index contributed by atoms with van der Waals surface area (Å²) >= 11 is 0. The topological polar surface area (TPSA) is 163 Å². The highest BCUT2D eigenvalue weighted by atomic mass is 16.5. The molecule has 0 spiro atoms. The van der Waals surface area contributed by atoms with Gasteiger partial charge in [-0.05, 0) is 24.6 Å². The van der Waals surface area contributed by atoms with Gasteiger partial charge in [-0.2, -0.15) is 0 Å². The van der Waals surface area contributed by atoms with Crippen molar-refractivity contribution in [2.24, 2.45) is 0 Å². The normalized spacial score (nSPS) is 12.1. The van der Waals surface area contributed by atoms with E-state index in [1.807, 2.05) is 0 Å². The summed E-state index contributed by atoms with van der Waals surface area (Å²) in [5.74, 6) is -3.43. The molecule has 0 fully saturated rings. The maximum atomic E-state index is 12.4. The number of carboxylic acid groups (broad SMARTS) is 1. The number of methoxy groups -OCH3 is 2. The number of aliphatic carboxylic acids is 1. The third kappa shape index (κ3) is 7.12. The van der Waals surface area contributed by atoms with Crippen molar-refractivity contribution >= 4 is 23.7 Å². The molecule has 182 valence electrons. The van der Waals surface area contributed by atoms with Gasteiger partial charge in [-0.3, -0.25) is 14.4 Å². The minimum absolute atomic E-state index is 0.0164. The Labute approximate surface area is 196 Å². The SMILES string of the molecule is COc1cc(C(=O)NCC(=O)N[C@@H](C)C(=O)N[C@@H](Cc2ccccc2)C(=O)O)cc(OC)c1O. The Morgan fingerprint density at radius 1 is 0.971 bits per heavy atom. The van der Waals surface area contributed by atoms with Gasteiger partial charge in [-0.1, -0.05) is 30.3 Å². The van der Waals surface area contributed by atoms with Crippen LogP contribution in [0.15, 0.2) is 42.5 Å². The maximum Gasteiger partial charge on any atom is 0.326 e. The predicted molar refractivity (Wildman–Crippen MR) is 121 cm³/mol. The lowest BCUT2D eigenvalue weighted by Gasteiger charge is -2.19. The fourth-order valence-corrected chi connectivity index (χ4v) is 2.99. The van der Waals surface area contributed by atoms with Crippen LogP contribution in [-0.4, -0.2) is 66.8 Å². The van der Waals surface area contributed by atoms with E-state index in [0.29, 0.717) is 0 Å². The van der Waals surface area contributed by atoms with Gasteiger partial charge in [0.05, 0.1) is 20.8 Å². The van der Waals surface area contributed by atoms with E-state index >= 15 is 0 Å². The standard InChI is InChI=1S/C23H27N3O8/c1-13(21(29)26-16(23(31)32)9-14-7-5-4-6-8-14)25-19(27)12-24-22(30)15-10-17(33-2)20(28)18(11-15)34-3/h4-8,10-11,13,16,28H,9,12H2,1-3H3,(H,24,30)(H,25,27)(H,26,29)(H,31,32)/t13-,16-/m0/s1. The first-order chi connectivity index (χ1) is 16.2. The number of hydrogen-bond acceptors (Lipinski definition) is 7. The zero-order valence-corrected chi connectivity index (χ0v) is 19.0. The lowest BCUT2D eigenvalue weighted by molar-refractivity contribution is -0.142. The Kier molecular flexibility index (Phi) is 9.24. The van der Waals surface area contributed by atoms with Crippen molar-refractivity contribution in [1.29, 1.82) is 0 Å². The van der Waals surface area contributed by atoms with Crippen molar-refractivity contribution < 1.29 is 38.9 Å². The molecule has 0 unspecified atom stereocenters. The molecular formula is C23H27N3O8. The molecule has 0 aliphatic heterocycles. The van der Waals surface area contributed by atoms with Crippen molar-refractivity contribution in [3.63, 3.8) is 0 Å². The maximum absolute atomic E-state index is 12.4. The molecule has 0 bridgehead atoms. The number of hydrogen-bond donors (Lipinski definition) is 5. The molecule has 2 aromatic rings. The largest absolute Gasteiger partial charge is 0.502 e. The molecule has 0 aromatic heterocycles. The molecule has 0 aliphatic rings. The number of carbonyl (C=O) groups is 4. The molecule has 0 heterocycles. The Balaban J connectivity index is 1.91. The van der Waals surface area contributed by atoms with E-state index in [9.17, 15) is 29.4 Å². The molecule has 0 aliphatic carbocycles. The van der Waals surface area contributed by atoms with Gasteiger partial charge in [-0.25, -0.2) is 4.79 Å². The summed E-state index contributed by atoms with van der Waals surface area (Å²) in [6.07, 6.45) is 0.0815. The lowest BCUT2D eigenvalue weighted by atomic mass is 10.1. The van der Waals surface area contributed by atoms with Crippen LogP contribution in [0.1, 0.15) is 22.8 Å². The second-order valence-corrected chi connectivity index (χ2v) is 7.29. The average molecular weight is 473 g/mol. The van der Waals surface area contributed by atoms with Crippen LogP contribution in [0.4, 0.5) is 0 Å². The predicted octanol–water partition coefficient (Wildman–Crippen LogP) is 0.456. The number of nitrogens with one attached hydrogen (secondary N) is 3. The minimum atomic E-state index is -1.21. The molecule has 34 heavy (non-hydrogen) atoms. The summed E-state index contributed by atoms with van der Waals surface area (Å²) in [6.45, 7) is 0.945. The minimum Gasteiger partial charge on any atom is -0.502 e. The fraction of sp³-hybridized carbons (Fsp3) is 0.304. The highest BCUT2D eigenvalue weighted by Crippen LogP contribution is 2.36. The van der Waals surface area contributed by atoms with Crippen LogP contribution in [0.5, 0.6) is 17.2 Å². The number of benzene rings is 2. The average Bonchev–Trinajstić information content (AvgIpc) is 2.82. The van der Waals surface area contributed by atoms with Gasteiger partial charge in [0.15, 0.2) is 11.5 Å². The quantitative estimate of drug-likeness (QED) is 0.314. The van der Waals surface area contributed by atoms with Gasteiger partial charge >= 0.3 is 5.97 Å². The van der Waals surface area contributed by atoms with Gasteiger partial charge in [0.25, 0.3) is 5.91 Å². The number of rotatable bonds is 11. The van der Waals surface area contributed by atoms with E-state index in [-0.39, 0.29) is 29.2 Å². The van der Waals surface area contributed by atoms with Gasteiger partial charge < -0.3 is 35.6 Å². The molecule has 11 heteroatoms. The summed E-state index contributed by atoms with van der Waals surface area (Å²) in [5, 5.41) is 26.5. The number of phenols is 1. The second kappa shape index (κ2) is 12.1. The highest BCUT2D eigenvalue weighted by Gasteiger charge is 2.24. The molecule has 2 rings (SSSR count). The molecule has 3 amide bonds. The Morgan fingerprint density at radius 3 is 2.09 bits per heavy atom. The van der Waals surface area contributed by atoms with Crippen molar-refractivity contribution in [2.75, 3.05) is 20.8 Å². The summed E-state index contributed by atoms with van der Waals surface area (Å²) in [7, 11) is 2.62. The number of phenolic OH excluding ortho intramolecular Hbond substituents is 1. The van der Waals surface area contributed by atoms with Crippen LogP contribution in [-0.2, 0) is 20.8 Å². The molecule has 0 saturated carbocycles. The number of aromatic hydroxyl groups is 1. The Morgan fingerprint density at radius 2 is 1.56 bits per heavy atom. The number of amides is 3. The fourth-order valence-electron chi connectivity index (χ4n) is 2.99. The first-order valence-electron chi connectivity index (χ1n) is 10.3. The van der Waals surface area contributed by atoms with Crippen LogP contribution < -0.4 is 25.4 Å². The third-order valence-corrected chi connectivity index (χ3v) is 4.82. The molecule has 2 aromatic carbocycles. The van der Waals surface area contributed by atoms with Gasteiger partial charge in [-0.15, -0.1) is 0 Å².